The fourth-order valence-corrected chi connectivity index (χ4v) is 8.06. The van der Waals surface area contributed by atoms with Crippen LogP contribution in [0.25, 0.3) is 21.5 Å². The van der Waals surface area contributed by atoms with Crippen molar-refractivity contribution in [2.45, 2.75) is 105 Å². The van der Waals surface area contributed by atoms with E-state index in [2.05, 4.69) is 41.5 Å². The van der Waals surface area contributed by atoms with Crippen LogP contribution in [0.5, 0.6) is 0 Å². The van der Waals surface area contributed by atoms with E-state index in [9.17, 15) is 8.78 Å². The van der Waals surface area contributed by atoms with E-state index < -0.39 is 57.1 Å². The van der Waals surface area contributed by atoms with Crippen LogP contribution in [0.4, 0.5) is 60.5 Å². The first kappa shape index (κ1) is 44.3. The molecule has 0 saturated carbocycles. The van der Waals surface area contributed by atoms with E-state index in [1.165, 1.54) is 9.80 Å². The molecule has 7 aromatic rings. The number of nitrogens with zero attached hydrogens (tertiary/aromatic N) is 2. The molecule has 0 saturated heterocycles. The number of hydrogen-bond acceptors (Lipinski definition) is 2. The van der Waals surface area contributed by atoms with Crippen LogP contribution >= 0.6 is 0 Å². The molecule has 0 unspecified atom stereocenters. The van der Waals surface area contributed by atoms with Crippen molar-refractivity contribution in [3.05, 3.63) is 166 Å². The Balaban J connectivity index is 1.75. The van der Waals surface area contributed by atoms with Crippen LogP contribution in [0.15, 0.2) is 109 Å². The van der Waals surface area contributed by atoms with Crippen LogP contribution in [0.3, 0.4) is 0 Å². The summed E-state index contributed by atoms with van der Waals surface area (Å²) in [5, 5.41) is 1.94. The monoisotopic (exact) mass is 844 g/mol. The molecule has 7 rings (SSSR count). The standard InChI is InChI=1S/C54H54F6N2/c1-51(2,3)31-13-19-37(20-14-31)61(49-43(57)27-35(55)28-44(49)58)47-39-23-17-34(54(10,11)12)26-42(39)48(40-24-18-33(25-41(40)47)53(7,8)9)62(50-45(59)29-36(56)30-46(50)60)38-21-15-32(16-22-38)52(4,5)6/h13-30H,1-12H3. The van der Waals surface area contributed by atoms with Crippen molar-refractivity contribution in [2.75, 3.05) is 9.80 Å². The molecular weight excluding hydrogens is 791 g/mol. The molecule has 0 aromatic heterocycles. The summed E-state index contributed by atoms with van der Waals surface area (Å²) < 4.78 is 95.7. The number of fused-ring (bicyclic) bond motifs is 2. The quantitative estimate of drug-likeness (QED) is 0.0935. The third kappa shape index (κ3) is 8.28. The number of anilines is 6. The Hall–Kier alpha value is -5.76. The lowest BCUT2D eigenvalue weighted by Gasteiger charge is -2.34. The Kier molecular flexibility index (Phi) is 11.1. The Morgan fingerprint density at radius 2 is 0.548 bits per heavy atom. The number of rotatable bonds is 6. The Morgan fingerprint density at radius 3 is 0.806 bits per heavy atom. The minimum Gasteiger partial charge on any atom is -0.304 e. The van der Waals surface area contributed by atoms with Gasteiger partial charge in [-0.05, 0) is 80.3 Å². The van der Waals surface area contributed by atoms with Crippen molar-refractivity contribution >= 4 is 55.7 Å². The molecule has 0 N–H and O–H groups in total. The predicted octanol–water partition coefficient (Wildman–Crippen LogP) is 17.0. The van der Waals surface area contributed by atoms with Gasteiger partial charge in [0.2, 0.25) is 0 Å². The van der Waals surface area contributed by atoms with Gasteiger partial charge < -0.3 is 9.80 Å². The number of benzene rings is 7. The van der Waals surface area contributed by atoms with Crippen molar-refractivity contribution in [1.82, 2.24) is 0 Å². The third-order valence-corrected chi connectivity index (χ3v) is 11.6. The van der Waals surface area contributed by atoms with E-state index in [0.717, 1.165) is 22.3 Å². The molecule has 0 spiro atoms. The molecule has 0 bridgehead atoms. The first-order chi connectivity index (χ1) is 28.8. The van der Waals surface area contributed by atoms with E-state index >= 15 is 17.6 Å². The first-order valence-corrected chi connectivity index (χ1v) is 20.9. The highest BCUT2D eigenvalue weighted by Gasteiger charge is 2.33. The zero-order valence-corrected chi connectivity index (χ0v) is 37.6. The molecule has 2 nitrogen and oxygen atoms in total. The molecule has 0 aliphatic rings. The zero-order chi connectivity index (χ0) is 45.4. The van der Waals surface area contributed by atoms with Crippen LogP contribution in [-0.2, 0) is 21.7 Å². The zero-order valence-electron chi connectivity index (χ0n) is 37.6. The minimum absolute atomic E-state index is 0.249. The van der Waals surface area contributed by atoms with Gasteiger partial charge in [-0.2, -0.15) is 0 Å². The van der Waals surface area contributed by atoms with Gasteiger partial charge in [0.25, 0.3) is 0 Å². The van der Waals surface area contributed by atoms with Gasteiger partial charge in [0.1, 0.15) is 23.0 Å². The predicted molar refractivity (Wildman–Crippen MR) is 245 cm³/mol. The SMILES string of the molecule is CC(C)(C)c1ccc(N(c2c(F)cc(F)cc2F)c2c3ccc(C(C)(C)C)cc3c(N(c3ccc(C(C)(C)C)cc3)c3c(F)cc(F)cc3F)c3ccc(C(C)(C)C)cc23)cc1. The molecule has 0 heterocycles. The normalized spacial score (nSPS) is 12.7. The number of hydrogen-bond donors (Lipinski definition) is 0. The molecule has 0 radical (unpaired) electrons. The Bertz CT molecular complexity index is 2590. The maximum absolute atomic E-state index is 16.5. The lowest BCUT2D eigenvalue weighted by molar-refractivity contribution is 0.544. The van der Waals surface area contributed by atoms with Crippen LogP contribution in [0.2, 0.25) is 0 Å². The molecule has 0 aliphatic heterocycles. The summed E-state index contributed by atoms with van der Waals surface area (Å²) in [7, 11) is 0. The topological polar surface area (TPSA) is 6.48 Å². The lowest BCUT2D eigenvalue weighted by Crippen LogP contribution is -2.19. The molecule has 0 fully saturated rings. The van der Waals surface area contributed by atoms with Gasteiger partial charge in [0.15, 0.2) is 23.3 Å². The summed E-state index contributed by atoms with van der Waals surface area (Å²) >= 11 is 0. The second-order valence-electron chi connectivity index (χ2n) is 20.4. The van der Waals surface area contributed by atoms with Crippen molar-refractivity contribution in [3.63, 3.8) is 0 Å². The van der Waals surface area contributed by atoms with Crippen LogP contribution in [-0.4, -0.2) is 0 Å². The fourth-order valence-electron chi connectivity index (χ4n) is 8.06. The fraction of sp³-hybridized carbons (Fsp3) is 0.296. The minimum atomic E-state index is -1.12. The van der Waals surface area contributed by atoms with Gasteiger partial charge in [0, 0.05) is 57.2 Å². The molecular formula is C54H54F6N2. The second-order valence-corrected chi connectivity index (χ2v) is 20.4. The molecule has 0 aliphatic carbocycles. The summed E-state index contributed by atoms with van der Waals surface area (Å²) in [5.74, 6) is -6.63. The van der Waals surface area contributed by atoms with E-state index in [0.29, 0.717) is 68.6 Å². The van der Waals surface area contributed by atoms with Crippen molar-refractivity contribution < 1.29 is 26.3 Å². The van der Waals surface area contributed by atoms with E-state index in [-0.39, 0.29) is 10.8 Å². The van der Waals surface area contributed by atoms with Crippen molar-refractivity contribution in [1.29, 1.82) is 0 Å². The third-order valence-electron chi connectivity index (χ3n) is 11.6. The summed E-state index contributed by atoms with van der Waals surface area (Å²) in [6.07, 6.45) is 0. The summed E-state index contributed by atoms with van der Waals surface area (Å²) in [4.78, 5) is 2.96. The number of halogens is 6. The van der Waals surface area contributed by atoms with Gasteiger partial charge >= 0.3 is 0 Å². The molecule has 322 valence electrons. The van der Waals surface area contributed by atoms with Gasteiger partial charge in [-0.3, -0.25) is 0 Å². The van der Waals surface area contributed by atoms with Crippen molar-refractivity contribution in [3.8, 4) is 0 Å². The Labute approximate surface area is 361 Å². The molecule has 0 atom stereocenters. The van der Waals surface area contributed by atoms with Crippen LogP contribution in [0.1, 0.15) is 105 Å². The van der Waals surface area contributed by atoms with E-state index in [1.807, 2.05) is 102 Å². The van der Waals surface area contributed by atoms with Crippen LogP contribution in [0, 0.1) is 34.9 Å². The lowest BCUT2D eigenvalue weighted by atomic mass is 9.82. The average molecular weight is 845 g/mol. The summed E-state index contributed by atoms with van der Waals surface area (Å²) in [6, 6.07) is 28.9. The summed E-state index contributed by atoms with van der Waals surface area (Å²) in [5.41, 5.74) is 2.84. The molecule has 8 heteroatoms. The maximum atomic E-state index is 16.5. The van der Waals surface area contributed by atoms with E-state index in [4.69, 9.17) is 0 Å². The van der Waals surface area contributed by atoms with Crippen LogP contribution < -0.4 is 9.80 Å². The highest BCUT2D eigenvalue weighted by Crippen LogP contribution is 2.54. The highest BCUT2D eigenvalue weighted by molar-refractivity contribution is 6.23. The summed E-state index contributed by atoms with van der Waals surface area (Å²) in [6.45, 7) is 24.6. The first-order valence-electron chi connectivity index (χ1n) is 20.9. The largest absolute Gasteiger partial charge is 0.304 e. The second kappa shape index (κ2) is 15.5. The smallest absolute Gasteiger partial charge is 0.153 e. The van der Waals surface area contributed by atoms with Gasteiger partial charge in [-0.15, -0.1) is 0 Å². The molecule has 0 amide bonds. The molecule has 62 heavy (non-hydrogen) atoms. The van der Waals surface area contributed by atoms with E-state index in [1.54, 1.807) is 24.3 Å². The Morgan fingerprint density at radius 1 is 0.290 bits per heavy atom. The molecule has 7 aromatic carbocycles. The maximum Gasteiger partial charge on any atom is 0.153 e. The van der Waals surface area contributed by atoms with Crippen molar-refractivity contribution in [2.24, 2.45) is 0 Å². The van der Waals surface area contributed by atoms with Gasteiger partial charge in [-0.1, -0.05) is 132 Å². The average Bonchev–Trinajstić information content (AvgIpc) is 3.15. The van der Waals surface area contributed by atoms with Gasteiger partial charge in [0.05, 0.1) is 11.4 Å². The highest BCUT2D eigenvalue weighted by atomic mass is 19.2. The van der Waals surface area contributed by atoms with Gasteiger partial charge in [-0.25, -0.2) is 26.3 Å².